The molecule has 0 bridgehead atoms. The molecule has 0 saturated carbocycles. The number of aryl methyl sites for hydroxylation is 1. The number of carbonyl (C=O) groups is 1. The molecule has 0 spiro atoms. The second-order valence-electron chi connectivity index (χ2n) is 6.07. The fourth-order valence-electron chi connectivity index (χ4n) is 3.11. The molecular formula is C16H23N3O4. The van der Waals surface area contributed by atoms with Crippen LogP contribution in [0.4, 0.5) is 0 Å². The van der Waals surface area contributed by atoms with Crippen molar-refractivity contribution in [2.75, 3.05) is 19.8 Å². The first-order valence-corrected chi connectivity index (χ1v) is 8.16. The maximum atomic E-state index is 12.7. The first kappa shape index (κ1) is 16.0. The number of nitrogens with one attached hydrogen (secondary N) is 1. The van der Waals surface area contributed by atoms with Crippen LogP contribution in [0.3, 0.4) is 0 Å². The summed E-state index contributed by atoms with van der Waals surface area (Å²) >= 11 is 0. The lowest BCUT2D eigenvalue weighted by atomic mass is 9.91. The van der Waals surface area contributed by atoms with E-state index in [0.717, 1.165) is 25.7 Å². The number of nitrogens with zero attached hydrogens (tertiary/aromatic N) is 2. The number of amides is 1. The normalized spacial score (nSPS) is 21.0. The Labute approximate surface area is 135 Å². The van der Waals surface area contributed by atoms with Gasteiger partial charge in [-0.05, 0) is 45.4 Å². The van der Waals surface area contributed by atoms with E-state index in [1.807, 2.05) is 6.92 Å². The summed E-state index contributed by atoms with van der Waals surface area (Å²) in [6.45, 7) is 5.67. The second-order valence-corrected chi connectivity index (χ2v) is 6.07. The molecule has 3 rings (SSSR count). The predicted octanol–water partition coefficient (Wildman–Crippen LogP) is 2.05. The van der Waals surface area contributed by atoms with Crippen molar-refractivity contribution in [2.24, 2.45) is 5.92 Å². The maximum absolute atomic E-state index is 12.7. The lowest BCUT2D eigenvalue weighted by molar-refractivity contribution is -0.119. The first-order chi connectivity index (χ1) is 11.1. The lowest BCUT2D eigenvalue weighted by Crippen LogP contribution is -2.37. The quantitative estimate of drug-likeness (QED) is 0.913. The van der Waals surface area contributed by atoms with Crippen molar-refractivity contribution >= 4 is 5.91 Å². The molecule has 2 aliphatic heterocycles. The molecule has 1 amide bonds. The van der Waals surface area contributed by atoms with Gasteiger partial charge in [-0.25, -0.2) is 0 Å². The Balaban J connectivity index is 1.79. The van der Waals surface area contributed by atoms with E-state index in [2.05, 4.69) is 15.5 Å². The highest BCUT2D eigenvalue weighted by molar-refractivity contribution is 5.94. The lowest BCUT2D eigenvalue weighted by Gasteiger charge is -2.29. The highest BCUT2D eigenvalue weighted by Gasteiger charge is 2.32. The summed E-state index contributed by atoms with van der Waals surface area (Å²) in [5, 5.41) is 6.95. The SMILES string of the molecule is CC1=C(C(=O)N[C@@H](c2nc(C)no2)C2CCOCC2)CCCO1. The average Bonchev–Trinajstić information content (AvgIpc) is 3.00. The van der Waals surface area contributed by atoms with Crippen LogP contribution in [0.5, 0.6) is 0 Å². The zero-order valence-corrected chi connectivity index (χ0v) is 13.6. The van der Waals surface area contributed by atoms with E-state index in [0.29, 0.717) is 42.9 Å². The smallest absolute Gasteiger partial charge is 0.251 e. The van der Waals surface area contributed by atoms with Crippen LogP contribution in [-0.4, -0.2) is 35.9 Å². The van der Waals surface area contributed by atoms with Gasteiger partial charge >= 0.3 is 0 Å². The summed E-state index contributed by atoms with van der Waals surface area (Å²) in [7, 11) is 0. The zero-order chi connectivity index (χ0) is 16.2. The van der Waals surface area contributed by atoms with Gasteiger partial charge in [0, 0.05) is 13.2 Å². The Morgan fingerprint density at radius 2 is 2.04 bits per heavy atom. The van der Waals surface area contributed by atoms with Crippen LogP contribution in [0.1, 0.15) is 50.4 Å². The molecule has 1 atom stereocenters. The Bertz CT molecular complexity index is 590. The molecule has 1 N–H and O–H groups in total. The molecule has 1 aromatic heterocycles. The van der Waals surface area contributed by atoms with Gasteiger partial charge in [-0.15, -0.1) is 0 Å². The minimum absolute atomic E-state index is 0.102. The van der Waals surface area contributed by atoms with Crippen LogP contribution >= 0.6 is 0 Å². The van der Waals surface area contributed by atoms with Gasteiger partial charge in [0.1, 0.15) is 11.8 Å². The van der Waals surface area contributed by atoms with Crippen molar-refractivity contribution in [1.29, 1.82) is 0 Å². The van der Waals surface area contributed by atoms with Crippen LogP contribution in [0.15, 0.2) is 15.9 Å². The summed E-state index contributed by atoms with van der Waals surface area (Å²) in [4.78, 5) is 17.0. The van der Waals surface area contributed by atoms with Crippen molar-refractivity contribution in [3.05, 3.63) is 23.0 Å². The molecule has 7 nitrogen and oxygen atoms in total. The number of aromatic nitrogens is 2. The fourth-order valence-corrected chi connectivity index (χ4v) is 3.11. The minimum Gasteiger partial charge on any atom is -0.498 e. The second kappa shape index (κ2) is 7.12. The minimum atomic E-state index is -0.283. The van der Waals surface area contributed by atoms with Crippen LogP contribution in [0.25, 0.3) is 0 Å². The summed E-state index contributed by atoms with van der Waals surface area (Å²) < 4.78 is 16.2. The Morgan fingerprint density at radius 3 is 2.70 bits per heavy atom. The maximum Gasteiger partial charge on any atom is 0.251 e. The zero-order valence-electron chi connectivity index (χ0n) is 13.6. The summed E-state index contributed by atoms with van der Waals surface area (Å²) in [6.07, 6.45) is 3.32. The van der Waals surface area contributed by atoms with Gasteiger partial charge < -0.3 is 19.3 Å². The Hall–Kier alpha value is -1.89. The largest absolute Gasteiger partial charge is 0.498 e. The molecule has 23 heavy (non-hydrogen) atoms. The monoisotopic (exact) mass is 321 g/mol. The highest BCUT2D eigenvalue weighted by atomic mass is 16.5. The molecule has 1 saturated heterocycles. The van der Waals surface area contributed by atoms with Crippen LogP contribution in [-0.2, 0) is 14.3 Å². The molecule has 0 unspecified atom stereocenters. The van der Waals surface area contributed by atoms with Crippen molar-refractivity contribution < 1.29 is 18.8 Å². The van der Waals surface area contributed by atoms with E-state index in [9.17, 15) is 4.79 Å². The number of hydrogen-bond acceptors (Lipinski definition) is 6. The number of rotatable bonds is 4. The van der Waals surface area contributed by atoms with Crippen LogP contribution in [0, 0.1) is 12.8 Å². The van der Waals surface area contributed by atoms with Crippen LogP contribution < -0.4 is 5.32 Å². The van der Waals surface area contributed by atoms with E-state index in [4.69, 9.17) is 14.0 Å². The Morgan fingerprint density at radius 1 is 1.26 bits per heavy atom. The molecule has 3 heterocycles. The molecule has 1 aromatic rings. The third kappa shape index (κ3) is 3.72. The molecule has 126 valence electrons. The standard InChI is InChI=1S/C16H23N3O4/c1-10-13(4-3-7-22-10)15(20)18-14(12-5-8-21-9-6-12)16-17-11(2)19-23-16/h12,14H,3-9H2,1-2H3,(H,18,20)/t14-/m1/s1. The van der Waals surface area contributed by atoms with Crippen molar-refractivity contribution in [3.8, 4) is 0 Å². The summed E-state index contributed by atoms with van der Waals surface area (Å²) in [5.41, 5.74) is 0.713. The van der Waals surface area contributed by atoms with E-state index < -0.39 is 0 Å². The molecular weight excluding hydrogens is 298 g/mol. The van der Waals surface area contributed by atoms with Crippen molar-refractivity contribution in [1.82, 2.24) is 15.5 Å². The predicted molar refractivity (Wildman–Crippen MR) is 81.3 cm³/mol. The molecule has 7 heteroatoms. The van der Waals surface area contributed by atoms with Crippen molar-refractivity contribution in [3.63, 3.8) is 0 Å². The highest BCUT2D eigenvalue weighted by Crippen LogP contribution is 2.30. The van der Waals surface area contributed by atoms with E-state index in [-0.39, 0.29) is 17.9 Å². The number of carbonyl (C=O) groups excluding carboxylic acids is 1. The van der Waals surface area contributed by atoms with Gasteiger partial charge in [0.2, 0.25) is 5.89 Å². The van der Waals surface area contributed by atoms with Gasteiger partial charge in [0.15, 0.2) is 5.82 Å². The molecule has 0 aromatic carbocycles. The molecule has 1 fully saturated rings. The van der Waals surface area contributed by atoms with E-state index in [1.165, 1.54) is 0 Å². The molecule has 0 aliphatic carbocycles. The van der Waals surface area contributed by atoms with Gasteiger partial charge in [-0.1, -0.05) is 5.16 Å². The number of allylic oxidation sites excluding steroid dienone is 1. The van der Waals surface area contributed by atoms with Crippen LogP contribution in [0.2, 0.25) is 0 Å². The average molecular weight is 321 g/mol. The molecule has 2 aliphatic rings. The third-order valence-corrected chi connectivity index (χ3v) is 4.42. The fraction of sp³-hybridized carbons (Fsp3) is 0.688. The summed E-state index contributed by atoms with van der Waals surface area (Å²) in [5.74, 6) is 1.88. The number of ether oxygens (including phenoxy) is 2. The van der Waals surface area contributed by atoms with Gasteiger partial charge in [-0.2, -0.15) is 4.98 Å². The number of hydrogen-bond donors (Lipinski definition) is 1. The van der Waals surface area contributed by atoms with Gasteiger partial charge in [0.25, 0.3) is 5.91 Å². The van der Waals surface area contributed by atoms with Gasteiger partial charge in [-0.3, -0.25) is 4.79 Å². The topological polar surface area (TPSA) is 86.5 Å². The molecule has 0 radical (unpaired) electrons. The van der Waals surface area contributed by atoms with E-state index >= 15 is 0 Å². The van der Waals surface area contributed by atoms with Crippen molar-refractivity contribution in [2.45, 2.75) is 45.6 Å². The first-order valence-electron chi connectivity index (χ1n) is 8.16. The summed E-state index contributed by atoms with van der Waals surface area (Å²) in [6, 6.07) is -0.283. The Kier molecular flexibility index (Phi) is 4.95. The third-order valence-electron chi connectivity index (χ3n) is 4.42. The van der Waals surface area contributed by atoms with Gasteiger partial charge in [0.05, 0.1) is 12.2 Å². The van der Waals surface area contributed by atoms with E-state index in [1.54, 1.807) is 6.92 Å².